The van der Waals surface area contributed by atoms with Gasteiger partial charge in [-0.15, -0.1) is 5.10 Å². The van der Waals surface area contributed by atoms with Crippen molar-refractivity contribution in [3.05, 3.63) is 46.0 Å². The van der Waals surface area contributed by atoms with Gasteiger partial charge in [-0.2, -0.15) is 5.10 Å². The van der Waals surface area contributed by atoms with E-state index >= 15 is 0 Å². The summed E-state index contributed by atoms with van der Waals surface area (Å²) >= 11 is 10.8. The van der Waals surface area contributed by atoms with E-state index in [-0.39, 0.29) is 12.5 Å². The first-order valence-electron chi connectivity index (χ1n) is 13.8. The van der Waals surface area contributed by atoms with Gasteiger partial charge in [0.15, 0.2) is 11.0 Å². The Bertz CT molecular complexity index is 1380. The topological polar surface area (TPSA) is 130 Å². The van der Waals surface area contributed by atoms with Crippen molar-refractivity contribution in [2.75, 3.05) is 26.8 Å². The number of amides is 1. The summed E-state index contributed by atoms with van der Waals surface area (Å²) in [7, 11) is 1.59. The van der Waals surface area contributed by atoms with E-state index in [1.807, 2.05) is 11.0 Å². The lowest BCUT2D eigenvalue weighted by Crippen LogP contribution is -2.55. The van der Waals surface area contributed by atoms with Crippen molar-refractivity contribution in [2.45, 2.75) is 68.5 Å². The molecule has 1 amide bonds. The lowest BCUT2D eigenvalue weighted by Gasteiger charge is -2.43. The van der Waals surface area contributed by atoms with Gasteiger partial charge in [-0.1, -0.05) is 56.3 Å². The van der Waals surface area contributed by atoms with Crippen LogP contribution in [0.2, 0.25) is 5.15 Å². The van der Waals surface area contributed by atoms with Crippen LogP contribution in [0.5, 0.6) is 0 Å². The van der Waals surface area contributed by atoms with E-state index in [9.17, 15) is 9.90 Å². The smallest absolute Gasteiger partial charge is 0.273 e. The minimum atomic E-state index is -0.847. The first kappa shape index (κ1) is 31.4. The fourth-order valence-electron chi connectivity index (χ4n) is 5.32. The number of hydrogen-bond donors (Lipinski definition) is 1. The van der Waals surface area contributed by atoms with E-state index in [1.54, 1.807) is 36.4 Å². The molecule has 2 fully saturated rings. The molecule has 12 nitrogen and oxygen atoms in total. The molecule has 3 aromatic rings. The minimum Gasteiger partial charge on any atom is -0.388 e. The maximum absolute atomic E-state index is 13.9. The molecule has 0 saturated carbocycles. The first-order valence-corrected chi connectivity index (χ1v) is 15.8. The molecule has 6 atom stereocenters. The Labute approximate surface area is 262 Å². The van der Waals surface area contributed by atoms with Crippen molar-refractivity contribution in [3.8, 4) is 5.82 Å². The fourth-order valence-corrected chi connectivity index (χ4v) is 7.23. The summed E-state index contributed by atoms with van der Waals surface area (Å²) in [5, 5.41) is 24.0. The van der Waals surface area contributed by atoms with Gasteiger partial charge >= 0.3 is 0 Å². The van der Waals surface area contributed by atoms with E-state index in [0.717, 1.165) is 4.47 Å². The molecule has 0 radical (unpaired) electrons. The summed E-state index contributed by atoms with van der Waals surface area (Å²) in [6.07, 6.45) is 2.40. The first-order chi connectivity index (χ1) is 20.0. The number of halogens is 2. The highest BCUT2D eigenvalue weighted by Crippen LogP contribution is 2.44. The van der Waals surface area contributed by atoms with Crippen molar-refractivity contribution in [2.24, 2.45) is 11.8 Å². The largest absolute Gasteiger partial charge is 0.388 e. The number of carbonyl (C=O) groups is 1. The number of fused-ring (bicyclic) bond motifs is 1. The molecular weight excluding hydrogens is 650 g/mol. The molecule has 5 rings (SSSR count). The third kappa shape index (κ3) is 6.69. The molecule has 3 unspecified atom stereocenters. The fraction of sp³-hybridized carbons (Fsp3) is 0.593. The van der Waals surface area contributed by atoms with Crippen LogP contribution < -0.4 is 0 Å². The van der Waals surface area contributed by atoms with Crippen molar-refractivity contribution >= 4 is 45.2 Å². The Hall–Kier alpha value is -2.07. The minimum absolute atomic E-state index is 0.109. The molecule has 0 aromatic carbocycles. The van der Waals surface area contributed by atoms with Crippen LogP contribution in [-0.2, 0) is 14.2 Å². The number of aromatic nitrogens is 6. The maximum Gasteiger partial charge on any atom is 0.273 e. The number of pyridine rings is 1. The van der Waals surface area contributed by atoms with Crippen LogP contribution in [0.4, 0.5) is 0 Å². The molecule has 2 saturated heterocycles. The van der Waals surface area contributed by atoms with Crippen molar-refractivity contribution in [1.29, 1.82) is 0 Å². The number of carbonyl (C=O) groups excluding carboxylic acids is 1. The van der Waals surface area contributed by atoms with E-state index < -0.39 is 35.9 Å². The molecule has 5 heterocycles. The van der Waals surface area contributed by atoms with Gasteiger partial charge in [0.2, 0.25) is 0 Å². The molecule has 3 aromatic heterocycles. The van der Waals surface area contributed by atoms with Gasteiger partial charge in [0.05, 0.1) is 12.8 Å². The number of methoxy groups -OCH3 is 1. The Kier molecular flexibility index (Phi) is 9.92. The molecule has 1 N–H and O–H groups in total. The van der Waals surface area contributed by atoms with Crippen molar-refractivity contribution in [1.82, 2.24) is 34.7 Å². The number of nitrogens with zero attached hydrogens (tertiary/aromatic N) is 7. The van der Waals surface area contributed by atoms with E-state index in [4.69, 9.17) is 25.8 Å². The Balaban J connectivity index is 1.48. The van der Waals surface area contributed by atoms with Gasteiger partial charge in [-0.3, -0.25) is 4.79 Å². The average Bonchev–Trinajstić information content (AvgIpc) is 3.67. The van der Waals surface area contributed by atoms with Gasteiger partial charge in [0.25, 0.3) is 5.91 Å². The second kappa shape index (κ2) is 13.3. The predicted octanol–water partition coefficient (Wildman–Crippen LogP) is 3.86. The lowest BCUT2D eigenvalue weighted by molar-refractivity contribution is -0.170. The van der Waals surface area contributed by atoms with Crippen LogP contribution in [0.25, 0.3) is 5.82 Å². The number of ether oxygens (including phenoxy) is 3. The molecule has 2 aliphatic heterocycles. The summed E-state index contributed by atoms with van der Waals surface area (Å²) < 4.78 is 22.4. The van der Waals surface area contributed by atoms with E-state index in [1.165, 1.54) is 16.4 Å². The summed E-state index contributed by atoms with van der Waals surface area (Å²) in [4.78, 5) is 20.9. The zero-order valence-corrected chi connectivity index (χ0v) is 27.2. The average molecular weight is 685 g/mol. The van der Waals surface area contributed by atoms with Crippen LogP contribution in [0.15, 0.2) is 40.1 Å². The second-order valence-electron chi connectivity index (χ2n) is 11.3. The molecule has 0 aliphatic carbocycles. The Morgan fingerprint density at radius 1 is 1.29 bits per heavy atom. The summed E-state index contributed by atoms with van der Waals surface area (Å²) in [6, 6.07) is 3.01. The van der Waals surface area contributed by atoms with E-state index in [0.29, 0.717) is 46.5 Å². The maximum atomic E-state index is 13.9. The number of hydrogen-bond acceptors (Lipinski definition) is 10. The monoisotopic (exact) mass is 683 g/mol. The van der Waals surface area contributed by atoms with Gasteiger partial charge in [-0.25, -0.2) is 14.3 Å². The SMILES string of the molecule is COC1C(n2cc(-n3ccc(Cl)n3)nn2)[C@H]2OCC(O)[C@@H]2O[C@@H]1Sc1cc(Br)cnc1C(=O)N(CC(C)C)CC(C)C. The van der Waals surface area contributed by atoms with Gasteiger partial charge in [-0.05, 0) is 39.9 Å². The normalized spacial score (nSPS) is 25.8. The summed E-state index contributed by atoms with van der Waals surface area (Å²) in [5.74, 6) is 0.910. The number of rotatable bonds is 10. The number of aliphatic hydroxyl groups excluding tert-OH is 1. The lowest BCUT2D eigenvalue weighted by atomic mass is 9.96. The predicted molar refractivity (Wildman–Crippen MR) is 160 cm³/mol. The van der Waals surface area contributed by atoms with Crippen molar-refractivity contribution < 1.29 is 24.1 Å². The molecule has 2 aliphatic rings. The van der Waals surface area contributed by atoms with Crippen LogP contribution >= 0.6 is 39.3 Å². The zero-order chi connectivity index (χ0) is 30.1. The zero-order valence-electron chi connectivity index (χ0n) is 24.0. The van der Waals surface area contributed by atoms with Crippen LogP contribution in [0.3, 0.4) is 0 Å². The standard InChI is InChI=1S/C27H35BrClN7O5S/c1-14(2)10-34(11-15(3)4)26(38)21-18(8-16(28)9-30-21)42-27-25(39-5)22(24-23(41-27)17(37)13-40-24)36-12-20(31-33-36)35-7-6-19(29)32-35/h6-9,12,14-15,17,22-25,27,37H,10-11,13H2,1-5H3/t17?,22?,23-,24+,25?,27+/m0/s1. The summed E-state index contributed by atoms with van der Waals surface area (Å²) in [5.41, 5.74) is -0.306. The molecular formula is C27H35BrClN7O5S. The van der Waals surface area contributed by atoms with Crippen LogP contribution in [-0.4, -0.2) is 102 Å². The third-order valence-electron chi connectivity index (χ3n) is 6.99. The van der Waals surface area contributed by atoms with Gasteiger partial charge in [0, 0.05) is 42.0 Å². The molecule has 228 valence electrons. The second-order valence-corrected chi connectivity index (χ2v) is 13.7. The highest BCUT2D eigenvalue weighted by Gasteiger charge is 2.54. The number of thioether (sulfide) groups is 1. The van der Waals surface area contributed by atoms with Gasteiger partial charge in [0.1, 0.15) is 41.6 Å². The molecule has 0 bridgehead atoms. The quantitative estimate of drug-likeness (QED) is 0.336. The van der Waals surface area contributed by atoms with Crippen LogP contribution in [0, 0.1) is 11.8 Å². The summed E-state index contributed by atoms with van der Waals surface area (Å²) in [6.45, 7) is 9.70. The Morgan fingerprint density at radius 3 is 2.67 bits per heavy atom. The molecule has 15 heteroatoms. The van der Waals surface area contributed by atoms with Gasteiger partial charge < -0.3 is 24.2 Å². The third-order valence-corrected chi connectivity index (χ3v) is 8.80. The molecule has 0 spiro atoms. The van der Waals surface area contributed by atoms with E-state index in [2.05, 4.69) is 64.0 Å². The highest BCUT2D eigenvalue weighted by atomic mass is 79.9. The molecule has 42 heavy (non-hydrogen) atoms. The Morgan fingerprint density at radius 2 is 2.02 bits per heavy atom. The highest BCUT2D eigenvalue weighted by molar-refractivity contribution is 9.10. The van der Waals surface area contributed by atoms with Crippen molar-refractivity contribution in [3.63, 3.8) is 0 Å². The van der Waals surface area contributed by atoms with Crippen LogP contribution in [0.1, 0.15) is 44.2 Å². The number of aliphatic hydroxyl groups is 1.